The van der Waals surface area contributed by atoms with Gasteiger partial charge in [-0.15, -0.1) is 0 Å². The number of pyridine rings is 1. The molecule has 0 fully saturated rings. The topological polar surface area (TPSA) is 77.5 Å². The van der Waals surface area contributed by atoms with E-state index in [4.69, 9.17) is 21.1 Å². The van der Waals surface area contributed by atoms with Crippen LogP contribution < -0.4 is 10.1 Å². The molecule has 2 aromatic carbocycles. The molecular weight excluding hydrogens is 392 g/mol. The first-order valence-electron chi connectivity index (χ1n) is 9.13. The summed E-state index contributed by atoms with van der Waals surface area (Å²) in [5, 5.41) is 3.79. The SMILES string of the molecule is CCc1nc2ccccc2c(C(=O)OCC(=O)Nc2cc(Cl)ccc2OC)c1C. The van der Waals surface area contributed by atoms with E-state index in [1.54, 1.807) is 18.2 Å². The first-order valence-corrected chi connectivity index (χ1v) is 9.51. The van der Waals surface area contributed by atoms with Crippen LogP contribution in [0.4, 0.5) is 5.69 Å². The van der Waals surface area contributed by atoms with Crippen LogP contribution in [0, 0.1) is 6.92 Å². The summed E-state index contributed by atoms with van der Waals surface area (Å²) >= 11 is 5.97. The van der Waals surface area contributed by atoms with Crippen LogP contribution in [0.3, 0.4) is 0 Å². The molecule has 0 aliphatic heterocycles. The minimum atomic E-state index is -0.566. The number of carbonyl (C=O) groups excluding carboxylic acids is 2. The molecule has 0 bridgehead atoms. The standard InChI is InChI=1S/C22H21ClN2O4/c1-4-16-13(2)21(15-7-5-6-8-17(15)24-16)22(27)29-12-20(26)25-18-11-14(23)9-10-19(18)28-3/h5-11H,4,12H2,1-3H3,(H,25,26). The van der Waals surface area contributed by atoms with Crippen molar-refractivity contribution in [3.05, 3.63) is 64.3 Å². The number of halogens is 1. The van der Waals surface area contributed by atoms with Crippen molar-refractivity contribution in [2.45, 2.75) is 20.3 Å². The molecule has 0 aliphatic carbocycles. The number of anilines is 1. The normalized spacial score (nSPS) is 10.6. The fraction of sp³-hybridized carbons (Fsp3) is 0.227. The molecule has 7 heteroatoms. The van der Waals surface area contributed by atoms with E-state index in [-0.39, 0.29) is 0 Å². The Hall–Kier alpha value is -3.12. The molecule has 1 N–H and O–H groups in total. The Labute approximate surface area is 173 Å². The Kier molecular flexibility index (Phi) is 6.34. The number of para-hydroxylation sites is 1. The van der Waals surface area contributed by atoms with Crippen molar-refractivity contribution in [3.8, 4) is 5.75 Å². The zero-order valence-electron chi connectivity index (χ0n) is 16.4. The van der Waals surface area contributed by atoms with Crippen molar-refractivity contribution < 1.29 is 19.1 Å². The minimum Gasteiger partial charge on any atom is -0.495 e. The van der Waals surface area contributed by atoms with E-state index < -0.39 is 18.5 Å². The largest absolute Gasteiger partial charge is 0.495 e. The molecule has 3 aromatic rings. The van der Waals surface area contributed by atoms with Gasteiger partial charge in [-0.05, 0) is 43.2 Å². The third kappa shape index (κ3) is 4.49. The van der Waals surface area contributed by atoms with Gasteiger partial charge in [0.1, 0.15) is 5.75 Å². The van der Waals surface area contributed by atoms with Crippen LogP contribution in [-0.2, 0) is 16.0 Å². The third-order valence-corrected chi connectivity index (χ3v) is 4.78. The van der Waals surface area contributed by atoms with Crippen molar-refractivity contribution in [3.63, 3.8) is 0 Å². The lowest BCUT2D eigenvalue weighted by atomic mass is 10.0. The number of nitrogens with one attached hydrogen (secondary N) is 1. The Balaban J connectivity index is 1.79. The van der Waals surface area contributed by atoms with Gasteiger partial charge < -0.3 is 14.8 Å². The van der Waals surface area contributed by atoms with E-state index in [0.717, 1.165) is 16.8 Å². The molecule has 0 saturated heterocycles. The Morgan fingerprint density at radius 2 is 1.93 bits per heavy atom. The van der Waals surface area contributed by atoms with Gasteiger partial charge in [0, 0.05) is 16.1 Å². The van der Waals surface area contributed by atoms with Gasteiger partial charge >= 0.3 is 5.97 Å². The van der Waals surface area contributed by atoms with Crippen LogP contribution >= 0.6 is 11.6 Å². The highest BCUT2D eigenvalue weighted by molar-refractivity contribution is 6.31. The molecule has 3 rings (SSSR count). The third-order valence-electron chi connectivity index (χ3n) is 4.55. The summed E-state index contributed by atoms with van der Waals surface area (Å²) in [4.78, 5) is 29.7. The van der Waals surface area contributed by atoms with Crippen LogP contribution in [0.1, 0.15) is 28.5 Å². The number of ether oxygens (including phenoxy) is 2. The first kappa shape index (κ1) is 20.6. The molecule has 0 spiro atoms. The predicted octanol–water partition coefficient (Wildman–Crippen LogP) is 4.56. The first-order chi connectivity index (χ1) is 13.9. The maximum absolute atomic E-state index is 12.8. The van der Waals surface area contributed by atoms with Crippen LogP contribution in [0.2, 0.25) is 5.02 Å². The molecule has 0 saturated carbocycles. The highest BCUT2D eigenvalue weighted by Crippen LogP contribution is 2.28. The van der Waals surface area contributed by atoms with Gasteiger partial charge in [0.05, 0.1) is 23.9 Å². The monoisotopic (exact) mass is 412 g/mol. The van der Waals surface area contributed by atoms with Gasteiger partial charge in [0.25, 0.3) is 5.91 Å². The number of benzene rings is 2. The molecule has 1 heterocycles. The van der Waals surface area contributed by atoms with E-state index in [1.807, 2.05) is 38.1 Å². The lowest BCUT2D eigenvalue weighted by Gasteiger charge is -2.14. The van der Waals surface area contributed by atoms with E-state index in [1.165, 1.54) is 7.11 Å². The molecule has 0 aliphatic rings. The second-order valence-electron chi connectivity index (χ2n) is 6.40. The minimum absolute atomic E-state index is 0.403. The van der Waals surface area contributed by atoms with E-state index in [2.05, 4.69) is 10.3 Å². The highest BCUT2D eigenvalue weighted by atomic mass is 35.5. The number of hydrogen-bond acceptors (Lipinski definition) is 5. The number of fused-ring (bicyclic) bond motifs is 1. The van der Waals surface area contributed by atoms with Crippen molar-refractivity contribution in [2.24, 2.45) is 0 Å². The van der Waals surface area contributed by atoms with Crippen molar-refractivity contribution in [1.82, 2.24) is 4.98 Å². The number of methoxy groups -OCH3 is 1. The van der Waals surface area contributed by atoms with Crippen LogP contribution in [0.15, 0.2) is 42.5 Å². The Bertz CT molecular complexity index is 1080. The summed E-state index contributed by atoms with van der Waals surface area (Å²) in [5.41, 5.74) is 3.13. The van der Waals surface area contributed by atoms with Gasteiger partial charge in [0.2, 0.25) is 0 Å². The molecule has 1 amide bonds. The van der Waals surface area contributed by atoms with Gasteiger partial charge in [-0.25, -0.2) is 4.79 Å². The fourth-order valence-electron chi connectivity index (χ4n) is 3.13. The summed E-state index contributed by atoms with van der Waals surface area (Å²) in [7, 11) is 1.49. The Morgan fingerprint density at radius 3 is 2.66 bits per heavy atom. The number of aromatic nitrogens is 1. The molecule has 0 atom stereocenters. The molecule has 0 unspecified atom stereocenters. The van der Waals surface area contributed by atoms with E-state index >= 15 is 0 Å². The highest BCUT2D eigenvalue weighted by Gasteiger charge is 2.20. The second kappa shape index (κ2) is 8.92. The molecular formula is C22H21ClN2O4. The molecule has 0 radical (unpaired) electrons. The average molecular weight is 413 g/mol. The summed E-state index contributed by atoms with van der Waals surface area (Å²) in [6.07, 6.45) is 0.687. The zero-order chi connectivity index (χ0) is 21.0. The lowest BCUT2D eigenvalue weighted by molar-refractivity contribution is -0.119. The quantitative estimate of drug-likeness (QED) is 0.600. The zero-order valence-corrected chi connectivity index (χ0v) is 17.2. The number of rotatable bonds is 6. The van der Waals surface area contributed by atoms with Gasteiger partial charge in [-0.1, -0.05) is 36.7 Å². The summed E-state index contributed by atoms with van der Waals surface area (Å²) in [6.45, 7) is 3.38. The smallest absolute Gasteiger partial charge is 0.339 e. The lowest BCUT2D eigenvalue weighted by Crippen LogP contribution is -2.22. The van der Waals surface area contributed by atoms with Crippen LogP contribution in [-0.4, -0.2) is 30.6 Å². The fourth-order valence-corrected chi connectivity index (χ4v) is 3.30. The van der Waals surface area contributed by atoms with Gasteiger partial charge in [-0.3, -0.25) is 9.78 Å². The van der Waals surface area contributed by atoms with Gasteiger partial charge in [0.15, 0.2) is 6.61 Å². The summed E-state index contributed by atoms with van der Waals surface area (Å²) in [6, 6.07) is 12.2. The number of hydrogen-bond donors (Lipinski definition) is 1. The maximum Gasteiger partial charge on any atom is 0.339 e. The van der Waals surface area contributed by atoms with E-state index in [0.29, 0.717) is 33.8 Å². The van der Waals surface area contributed by atoms with Crippen LogP contribution in [0.25, 0.3) is 10.9 Å². The number of esters is 1. The van der Waals surface area contributed by atoms with Crippen LogP contribution in [0.5, 0.6) is 5.75 Å². The van der Waals surface area contributed by atoms with Crippen molar-refractivity contribution >= 4 is 40.1 Å². The molecule has 1 aromatic heterocycles. The number of aryl methyl sites for hydroxylation is 1. The predicted molar refractivity (Wildman–Crippen MR) is 113 cm³/mol. The number of carbonyl (C=O) groups is 2. The van der Waals surface area contributed by atoms with Crippen molar-refractivity contribution in [2.75, 3.05) is 19.0 Å². The number of nitrogens with zero attached hydrogens (tertiary/aromatic N) is 1. The maximum atomic E-state index is 12.8. The molecule has 6 nitrogen and oxygen atoms in total. The van der Waals surface area contributed by atoms with Crippen molar-refractivity contribution in [1.29, 1.82) is 0 Å². The molecule has 29 heavy (non-hydrogen) atoms. The average Bonchev–Trinajstić information content (AvgIpc) is 2.71. The molecule has 150 valence electrons. The second-order valence-corrected chi connectivity index (χ2v) is 6.83. The Morgan fingerprint density at radius 1 is 1.17 bits per heavy atom. The summed E-state index contributed by atoms with van der Waals surface area (Å²) < 4.78 is 10.5. The van der Waals surface area contributed by atoms with Gasteiger partial charge in [-0.2, -0.15) is 0 Å². The van der Waals surface area contributed by atoms with E-state index in [9.17, 15) is 9.59 Å². The number of amides is 1. The summed E-state index contributed by atoms with van der Waals surface area (Å²) in [5.74, 6) is -0.604.